The van der Waals surface area contributed by atoms with E-state index in [1.54, 1.807) is 4.90 Å². The van der Waals surface area contributed by atoms with Gasteiger partial charge >= 0.3 is 0 Å². The first kappa shape index (κ1) is 11.8. The van der Waals surface area contributed by atoms with Crippen molar-refractivity contribution in [2.75, 3.05) is 13.1 Å². The van der Waals surface area contributed by atoms with Crippen molar-refractivity contribution in [1.82, 2.24) is 14.7 Å². The predicted molar refractivity (Wildman–Crippen MR) is 60.6 cm³/mol. The van der Waals surface area contributed by atoms with Gasteiger partial charge in [-0.25, -0.2) is 4.68 Å². The highest BCUT2D eigenvalue weighted by atomic mass is 16.3. The van der Waals surface area contributed by atoms with Crippen molar-refractivity contribution in [3.05, 3.63) is 28.2 Å². The molecule has 1 aliphatic rings. The third kappa shape index (κ3) is 2.52. The average molecular weight is 237 g/mol. The van der Waals surface area contributed by atoms with Gasteiger partial charge < -0.3 is 10.0 Å². The fourth-order valence-corrected chi connectivity index (χ4v) is 1.92. The highest BCUT2D eigenvalue weighted by Crippen LogP contribution is 2.12. The summed E-state index contributed by atoms with van der Waals surface area (Å²) >= 11 is 0. The Morgan fingerprint density at radius 2 is 2.29 bits per heavy atom. The zero-order valence-electron chi connectivity index (χ0n) is 9.67. The Morgan fingerprint density at radius 1 is 1.53 bits per heavy atom. The standard InChI is InChI=1S/C11H15N3O3/c1-13-10(16)5-4-9(12-13)11(17)14-6-2-3-8(15)7-14/h4-5,8,15H,2-3,6-7H2,1H3/t8-/m0/s1. The fourth-order valence-electron chi connectivity index (χ4n) is 1.92. The molecular weight excluding hydrogens is 222 g/mol. The Labute approximate surface area is 98.5 Å². The van der Waals surface area contributed by atoms with E-state index in [-0.39, 0.29) is 17.2 Å². The number of nitrogens with zero attached hydrogens (tertiary/aromatic N) is 3. The molecule has 0 saturated carbocycles. The van der Waals surface area contributed by atoms with Crippen molar-refractivity contribution < 1.29 is 9.90 Å². The van der Waals surface area contributed by atoms with E-state index in [0.717, 1.165) is 17.5 Å². The Morgan fingerprint density at radius 3 is 2.94 bits per heavy atom. The number of likely N-dealkylation sites (tertiary alicyclic amines) is 1. The molecule has 92 valence electrons. The van der Waals surface area contributed by atoms with Crippen molar-refractivity contribution in [2.45, 2.75) is 18.9 Å². The number of piperidine rings is 1. The second kappa shape index (κ2) is 4.67. The quantitative estimate of drug-likeness (QED) is 0.706. The van der Waals surface area contributed by atoms with Gasteiger partial charge in [-0.1, -0.05) is 0 Å². The molecule has 1 aromatic heterocycles. The fraction of sp³-hybridized carbons (Fsp3) is 0.545. The molecule has 0 aliphatic carbocycles. The molecular formula is C11H15N3O3. The molecule has 17 heavy (non-hydrogen) atoms. The molecule has 0 aromatic carbocycles. The van der Waals surface area contributed by atoms with E-state index in [1.165, 1.54) is 19.2 Å². The minimum Gasteiger partial charge on any atom is -0.391 e. The normalized spacial score (nSPS) is 20.4. The first-order valence-corrected chi connectivity index (χ1v) is 5.59. The lowest BCUT2D eigenvalue weighted by molar-refractivity contribution is 0.0467. The van der Waals surface area contributed by atoms with Crippen molar-refractivity contribution in [2.24, 2.45) is 7.05 Å². The zero-order valence-corrected chi connectivity index (χ0v) is 9.67. The zero-order chi connectivity index (χ0) is 12.4. The van der Waals surface area contributed by atoms with Gasteiger partial charge in [0.1, 0.15) is 5.69 Å². The molecule has 1 aromatic rings. The molecule has 1 saturated heterocycles. The van der Waals surface area contributed by atoms with Crippen LogP contribution in [0.1, 0.15) is 23.3 Å². The number of rotatable bonds is 1. The minimum absolute atomic E-state index is 0.237. The van der Waals surface area contributed by atoms with Gasteiger partial charge in [-0.2, -0.15) is 5.10 Å². The Balaban J connectivity index is 2.18. The van der Waals surface area contributed by atoms with Crippen LogP contribution in [0, 0.1) is 0 Å². The monoisotopic (exact) mass is 237 g/mol. The van der Waals surface area contributed by atoms with Crippen LogP contribution in [-0.2, 0) is 7.05 Å². The van der Waals surface area contributed by atoms with Gasteiger partial charge in [0, 0.05) is 26.2 Å². The van der Waals surface area contributed by atoms with Gasteiger partial charge in [0.15, 0.2) is 0 Å². The molecule has 2 rings (SSSR count). The lowest BCUT2D eigenvalue weighted by atomic mass is 10.1. The number of amides is 1. The van der Waals surface area contributed by atoms with E-state index in [2.05, 4.69) is 5.10 Å². The molecule has 1 N–H and O–H groups in total. The van der Waals surface area contributed by atoms with E-state index in [0.29, 0.717) is 13.1 Å². The number of hydrogen-bond acceptors (Lipinski definition) is 4. The third-order valence-electron chi connectivity index (χ3n) is 2.86. The van der Waals surface area contributed by atoms with Crippen molar-refractivity contribution in [1.29, 1.82) is 0 Å². The summed E-state index contributed by atoms with van der Waals surface area (Å²) in [6.07, 6.45) is 1.06. The molecule has 0 unspecified atom stereocenters. The predicted octanol–water partition coefficient (Wildman–Crippen LogP) is -0.623. The molecule has 0 radical (unpaired) electrons. The van der Waals surface area contributed by atoms with Crippen LogP contribution in [0.4, 0.5) is 0 Å². The topological polar surface area (TPSA) is 75.4 Å². The van der Waals surface area contributed by atoms with Gasteiger partial charge in [0.05, 0.1) is 6.10 Å². The van der Waals surface area contributed by atoms with Crippen LogP contribution in [0.15, 0.2) is 16.9 Å². The molecule has 1 aliphatic heterocycles. The number of carbonyl (C=O) groups is 1. The second-order valence-electron chi connectivity index (χ2n) is 4.23. The largest absolute Gasteiger partial charge is 0.391 e. The smallest absolute Gasteiger partial charge is 0.274 e. The van der Waals surface area contributed by atoms with Crippen LogP contribution in [0.3, 0.4) is 0 Å². The van der Waals surface area contributed by atoms with Crippen molar-refractivity contribution >= 4 is 5.91 Å². The van der Waals surface area contributed by atoms with Gasteiger partial charge in [-0.15, -0.1) is 0 Å². The first-order valence-electron chi connectivity index (χ1n) is 5.59. The number of aryl methyl sites for hydroxylation is 1. The maximum absolute atomic E-state index is 12.0. The molecule has 0 bridgehead atoms. The van der Waals surface area contributed by atoms with Crippen LogP contribution in [0.2, 0.25) is 0 Å². The highest BCUT2D eigenvalue weighted by Gasteiger charge is 2.24. The maximum atomic E-state index is 12.0. The number of β-amino-alcohol motifs (C(OH)–C–C–N with tert-alkyl or cyclic N) is 1. The molecule has 6 nitrogen and oxygen atoms in total. The Hall–Kier alpha value is -1.69. The van der Waals surface area contributed by atoms with Crippen LogP contribution in [0.25, 0.3) is 0 Å². The summed E-state index contributed by atoms with van der Waals surface area (Å²) in [5, 5.41) is 13.4. The van der Waals surface area contributed by atoms with E-state index in [1.807, 2.05) is 0 Å². The molecule has 0 spiro atoms. The minimum atomic E-state index is -0.458. The molecule has 1 amide bonds. The van der Waals surface area contributed by atoms with Gasteiger partial charge in [-0.3, -0.25) is 9.59 Å². The van der Waals surface area contributed by atoms with Crippen LogP contribution < -0.4 is 5.56 Å². The lowest BCUT2D eigenvalue weighted by Gasteiger charge is -2.29. The third-order valence-corrected chi connectivity index (χ3v) is 2.86. The van der Waals surface area contributed by atoms with Crippen molar-refractivity contribution in [3.8, 4) is 0 Å². The van der Waals surface area contributed by atoms with E-state index < -0.39 is 6.10 Å². The first-order chi connectivity index (χ1) is 8.08. The number of aliphatic hydroxyl groups is 1. The molecule has 2 heterocycles. The maximum Gasteiger partial charge on any atom is 0.274 e. The number of aliphatic hydroxyl groups excluding tert-OH is 1. The number of aromatic nitrogens is 2. The van der Waals surface area contributed by atoms with Gasteiger partial charge in [-0.05, 0) is 18.9 Å². The van der Waals surface area contributed by atoms with Crippen LogP contribution in [0.5, 0.6) is 0 Å². The van der Waals surface area contributed by atoms with E-state index >= 15 is 0 Å². The second-order valence-corrected chi connectivity index (χ2v) is 4.23. The number of carbonyl (C=O) groups excluding carboxylic acids is 1. The Kier molecular flexibility index (Phi) is 3.23. The average Bonchev–Trinajstić information content (AvgIpc) is 2.32. The lowest BCUT2D eigenvalue weighted by Crippen LogP contribution is -2.42. The highest BCUT2D eigenvalue weighted by molar-refractivity contribution is 5.92. The van der Waals surface area contributed by atoms with E-state index in [4.69, 9.17) is 0 Å². The van der Waals surface area contributed by atoms with Crippen molar-refractivity contribution in [3.63, 3.8) is 0 Å². The molecule has 1 fully saturated rings. The summed E-state index contributed by atoms with van der Waals surface area (Å²) in [4.78, 5) is 24.8. The molecule has 1 atom stereocenters. The summed E-state index contributed by atoms with van der Waals surface area (Å²) in [5.41, 5.74) is -0.0126. The van der Waals surface area contributed by atoms with Crippen LogP contribution >= 0.6 is 0 Å². The molecule has 6 heteroatoms. The summed E-state index contributed by atoms with van der Waals surface area (Å²) in [5.74, 6) is -0.237. The summed E-state index contributed by atoms with van der Waals surface area (Å²) in [6, 6.07) is 2.74. The summed E-state index contributed by atoms with van der Waals surface area (Å²) in [7, 11) is 1.50. The summed E-state index contributed by atoms with van der Waals surface area (Å²) in [6.45, 7) is 0.962. The van der Waals surface area contributed by atoms with Gasteiger partial charge in [0.2, 0.25) is 0 Å². The number of hydrogen-bond donors (Lipinski definition) is 1. The summed E-state index contributed by atoms with van der Waals surface area (Å²) < 4.78 is 1.13. The van der Waals surface area contributed by atoms with Crippen LogP contribution in [-0.4, -0.2) is 44.9 Å². The van der Waals surface area contributed by atoms with Gasteiger partial charge in [0.25, 0.3) is 11.5 Å². The van der Waals surface area contributed by atoms with E-state index in [9.17, 15) is 14.7 Å². The SMILES string of the molecule is Cn1nc(C(=O)N2CCC[C@H](O)C2)ccc1=O. The Bertz CT molecular complexity index is 483.